The molecule has 19 heavy (non-hydrogen) atoms. The van der Waals surface area contributed by atoms with E-state index in [-0.39, 0.29) is 0 Å². The molecule has 1 aromatic heterocycles. The maximum Gasteiger partial charge on any atom is 0.222 e. The van der Waals surface area contributed by atoms with Gasteiger partial charge >= 0.3 is 0 Å². The Morgan fingerprint density at radius 2 is 1.79 bits per heavy atom. The molecule has 2 rings (SSSR count). The number of hydrogen-bond donors (Lipinski definition) is 0. The summed E-state index contributed by atoms with van der Waals surface area (Å²) in [5.74, 6) is 0.705. The Morgan fingerprint density at radius 3 is 2.42 bits per heavy atom. The summed E-state index contributed by atoms with van der Waals surface area (Å²) in [5, 5.41) is 1.01. The highest BCUT2D eigenvalue weighted by Crippen LogP contribution is 2.36. The second-order valence-corrected chi connectivity index (χ2v) is 5.03. The Morgan fingerprint density at radius 1 is 1.11 bits per heavy atom. The summed E-state index contributed by atoms with van der Waals surface area (Å²) in [7, 11) is 0. The number of hydrogen-bond acceptors (Lipinski definition) is 3. The van der Waals surface area contributed by atoms with Crippen LogP contribution >= 0.6 is 34.8 Å². The number of ether oxygens (including phenoxy) is 1. The molecule has 0 amide bonds. The van der Waals surface area contributed by atoms with Crippen LogP contribution in [0.3, 0.4) is 0 Å². The molecule has 6 heteroatoms. The first-order valence-electron chi connectivity index (χ1n) is 5.25. The highest BCUT2D eigenvalue weighted by molar-refractivity contribution is 6.43. The predicted molar refractivity (Wildman–Crippen MR) is 75.9 cm³/mol. The first kappa shape index (κ1) is 14.1. The van der Waals surface area contributed by atoms with Crippen molar-refractivity contribution in [3.63, 3.8) is 0 Å². The number of halogens is 3. The van der Waals surface area contributed by atoms with Gasteiger partial charge in [-0.15, -0.1) is 0 Å². The van der Waals surface area contributed by atoms with Crippen LogP contribution in [0.25, 0.3) is 0 Å². The van der Waals surface area contributed by atoms with Gasteiger partial charge < -0.3 is 4.74 Å². The maximum atomic E-state index is 10.6. The van der Waals surface area contributed by atoms with Gasteiger partial charge in [0.05, 0.1) is 15.1 Å². The van der Waals surface area contributed by atoms with Crippen LogP contribution < -0.4 is 4.74 Å². The van der Waals surface area contributed by atoms with Crippen LogP contribution in [0.4, 0.5) is 0 Å². The monoisotopic (exact) mass is 315 g/mol. The Labute approximate surface area is 125 Å². The van der Waals surface area contributed by atoms with Crippen LogP contribution in [-0.2, 0) is 0 Å². The number of benzene rings is 1. The van der Waals surface area contributed by atoms with Crippen molar-refractivity contribution >= 4 is 41.1 Å². The minimum absolute atomic E-state index is 0.329. The van der Waals surface area contributed by atoms with Crippen LogP contribution in [0.5, 0.6) is 11.6 Å². The lowest BCUT2D eigenvalue weighted by Gasteiger charge is -2.10. The minimum Gasteiger partial charge on any atom is -0.437 e. The van der Waals surface area contributed by atoms with E-state index in [2.05, 4.69) is 4.98 Å². The fourth-order valence-electron chi connectivity index (χ4n) is 1.44. The van der Waals surface area contributed by atoms with Crippen LogP contribution in [0, 0.1) is 6.92 Å². The molecule has 1 aromatic carbocycles. The molecular weight excluding hydrogens is 309 g/mol. The number of aromatic nitrogens is 1. The van der Waals surface area contributed by atoms with Crippen LogP contribution in [0.2, 0.25) is 15.1 Å². The Kier molecular flexibility index (Phi) is 4.30. The number of carbonyl (C=O) groups is 1. The van der Waals surface area contributed by atoms with Gasteiger partial charge in [-0.05, 0) is 19.1 Å². The van der Waals surface area contributed by atoms with E-state index in [0.29, 0.717) is 37.8 Å². The molecule has 0 fully saturated rings. The van der Waals surface area contributed by atoms with Gasteiger partial charge in [-0.2, -0.15) is 0 Å². The van der Waals surface area contributed by atoms with Gasteiger partial charge in [-0.25, -0.2) is 4.98 Å². The lowest BCUT2D eigenvalue weighted by Crippen LogP contribution is -1.94. The van der Waals surface area contributed by atoms with Crippen LogP contribution in [-0.4, -0.2) is 11.3 Å². The lowest BCUT2D eigenvalue weighted by molar-refractivity contribution is 0.112. The highest BCUT2D eigenvalue weighted by atomic mass is 35.5. The van der Waals surface area contributed by atoms with Crippen molar-refractivity contribution in [1.29, 1.82) is 0 Å². The molecule has 2 aromatic rings. The van der Waals surface area contributed by atoms with Crippen molar-refractivity contribution in [2.45, 2.75) is 6.92 Å². The molecule has 3 nitrogen and oxygen atoms in total. The van der Waals surface area contributed by atoms with Crippen molar-refractivity contribution in [2.75, 3.05) is 0 Å². The topological polar surface area (TPSA) is 39.2 Å². The number of carbonyl (C=O) groups excluding carboxylic acids is 1. The maximum absolute atomic E-state index is 10.6. The fraction of sp³-hybridized carbons (Fsp3) is 0.0769. The summed E-state index contributed by atoms with van der Waals surface area (Å²) in [6.45, 7) is 1.78. The molecule has 0 radical (unpaired) electrons. The molecule has 0 spiro atoms. The van der Waals surface area contributed by atoms with Crippen molar-refractivity contribution in [1.82, 2.24) is 4.98 Å². The highest BCUT2D eigenvalue weighted by Gasteiger charge is 2.10. The molecule has 0 bridgehead atoms. The molecule has 0 aliphatic rings. The molecular formula is C13H8Cl3NO2. The molecule has 0 saturated carbocycles. The molecule has 1 heterocycles. The number of nitrogens with zero attached hydrogens (tertiary/aromatic N) is 1. The van der Waals surface area contributed by atoms with E-state index < -0.39 is 0 Å². The summed E-state index contributed by atoms with van der Waals surface area (Å²) in [5.41, 5.74) is 1.19. The van der Waals surface area contributed by atoms with Gasteiger partial charge in [0.1, 0.15) is 5.75 Å². The van der Waals surface area contributed by atoms with E-state index in [4.69, 9.17) is 39.5 Å². The van der Waals surface area contributed by atoms with Gasteiger partial charge in [-0.3, -0.25) is 4.79 Å². The van der Waals surface area contributed by atoms with Crippen LogP contribution in [0.1, 0.15) is 15.9 Å². The Balaban J connectivity index is 2.36. The molecule has 0 unspecified atom stereocenters. The van der Waals surface area contributed by atoms with E-state index in [0.717, 1.165) is 6.29 Å². The number of aldehydes is 1. The van der Waals surface area contributed by atoms with Gasteiger partial charge in [0.25, 0.3) is 0 Å². The van der Waals surface area contributed by atoms with Gasteiger partial charge in [0, 0.05) is 23.4 Å². The Hall–Kier alpha value is -1.29. The van der Waals surface area contributed by atoms with Crippen molar-refractivity contribution in [2.24, 2.45) is 0 Å². The number of pyridine rings is 1. The normalized spacial score (nSPS) is 10.3. The average molecular weight is 317 g/mol. The molecule has 0 aliphatic carbocycles. The van der Waals surface area contributed by atoms with Crippen molar-refractivity contribution in [3.05, 3.63) is 50.6 Å². The summed E-state index contributed by atoms with van der Waals surface area (Å²) in [6.07, 6.45) is 2.14. The third kappa shape index (κ3) is 3.18. The molecule has 0 saturated heterocycles. The summed E-state index contributed by atoms with van der Waals surface area (Å²) >= 11 is 17.7. The number of aryl methyl sites for hydroxylation is 1. The SMILES string of the molecule is Cc1cc(C=O)cnc1Oc1cc(Cl)c(Cl)cc1Cl. The summed E-state index contributed by atoms with van der Waals surface area (Å²) in [4.78, 5) is 14.7. The zero-order valence-corrected chi connectivity index (χ0v) is 12.1. The van der Waals surface area contributed by atoms with Gasteiger partial charge in [0.2, 0.25) is 5.88 Å². The zero-order valence-electron chi connectivity index (χ0n) is 9.78. The lowest BCUT2D eigenvalue weighted by atomic mass is 10.2. The van der Waals surface area contributed by atoms with E-state index in [9.17, 15) is 4.79 Å². The smallest absolute Gasteiger partial charge is 0.222 e. The standard InChI is InChI=1S/C13H8Cl3NO2/c1-7-2-8(6-18)5-17-13(7)19-12-4-10(15)9(14)3-11(12)16/h2-6H,1H3. The van der Waals surface area contributed by atoms with Gasteiger partial charge in [0.15, 0.2) is 6.29 Å². The van der Waals surface area contributed by atoms with E-state index in [1.165, 1.54) is 18.3 Å². The Bertz CT molecular complexity index is 644. The minimum atomic E-state index is 0.329. The van der Waals surface area contributed by atoms with E-state index in [1.54, 1.807) is 13.0 Å². The molecule has 0 atom stereocenters. The van der Waals surface area contributed by atoms with Gasteiger partial charge in [-0.1, -0.05) is 34.8 Å². The van der Waals surface area contributed by atoms with E-state index >= 15 is 0 Å². The zero-order chi connectivity index (χ0) is 14.0. The predicted octanol–water partition coefficient (Wildman–Crippen LogP) is 4.96. The molecule has 98 valence electrons. The van der Waals surface area contributed by atoms with Crippen LogP contribution in [0.15, 0.2) is 24.4 Å². The molecule has 0 aliphatic heterocycles. The second-order valence-electron chi connectivity index (χ2n) is 3.81. The first-order chi connectivity index (χ1) is 9.01. The van der Waals surface area contributed by atoms with Crippen molar-refractivity contribution < 1.29 is 9.53 Å². The second kappa shape index (κ2) is 5.78. The third-order valence-electron chi connectivity index (χ3n) is 2.37. The summed E-state index contributed by atoms with van der Waals surface area (Å²) < 4.78 is 5.57. The third-order valence-corrected chi connectivity index (χ3v) is 3.39. The largest absolute Gasteiger partial charge is 0.437 e. The first-order valence-corrected chi connectivity index (χ1v) is 6.39. The van der Waals surface area contributed by atoms with E-state index in [1.807, 2.05) is 0 Å². The average Bonchev–Trinajstić information content (AvgIpc) is 2.38. The fourth-order valence-corrected chi connectivity index (χ4v) is 2.02. The molecule has 0 N–H and O–H groups in total. The summed E-state index contributed by atoms with van der Waals surface area (Å²) in [6, 6.07) is 4.68. The van der Waals surface area contributed by atoms with Crippen molar-refractivity contribution in [3.8, 4) is 11.6 Å². The number of rotatable bonds is 3. The quantitative estimate of drug-likeness (QED) is 0.594.